The van der Waals surface area contributed by atoms with Crippen LogP contribution in [-0.2, 0) is 0 Å². The predicted molar refractivity (Wildman–Crippen MR) is 160 cm³/mol. The number of carboxylic acid groups (broad SMARTS) is 1. The molecule has 1 aliphatic carbocycles. The molecule has 0 radical (unpaired) electrons. The van der Waals surface area contributed by atoms with E-state index in [9.17, 15) is 14.7 Å². The molecular formula is C29H46F2N6O5. The first-order chi connectivity index (χ1) is 20.0. The Morgan fingerprint density at radius 2 is 1.57 bits per heavy atom. The summed E-state index contributed by atoms with van der Waals surface area (Å²) >= 11 is 0. The average Bonchev–Trinajstić information content (AvgIpc) is 3.79. The zero-order valence-corrected chi connectivity index (χ0v) is 24.9. The monoisotopic (exact) mass is 596 g/mol. The summed E-state index contributed by atoms with van der Waals surface area (Å²) in [4.78, 5) is 25.7. The van der Waals surface area contributed by atoms with Gasteiger partial charge in [0.25, 0.3) is 0 Å². The van der Waals surface area contributed by atoms with Crippen LogP contribution in [0.3, 0.4) is 0 Å². The SMILES string of the molecule is CC[C@@H](CO)NCCN[C@@H](CC)CO.C[C@@H]1CN(c2c(F)c(N)c3c(=O)c(C(=O)O)cn(C4CC4)c3c2F)C[C@H](C)N1. The van der Waals surface area contributed by atoms with Crippen LogP contribution >= 0.6 is 0 Å². The molecule has 11 nitrogen and oxygen atoms in total. The number of hydrogen-bond acceptors (Lipinski definition) is 9. The van der Waals surface area contributed by atoms with Crippen LogP contribution in [0.15, 0.2) is 11.0 Å². The topological polar surface area (TPSA) is 165 Å². The summed E-state index contributed by atoms with van der Waals surface area (Å²) in [7, 11) is 0. The number of nitrogens with one attached hydrogen (secondary N) is 3. The quantitative estimate of drug-likeness (QED) is 0.142. The molecule has 8 N–H and O–H groups in total. The molecule has 1 saturated heterocycles. The Kier molecular flexibility index (Phi) is 12.1. The molecule has 1 aromatic heterocycles. The van der Waals surface area contributed by atoms with E-state index >= 15 is 8.78 Å². The number of rotatable bonds is 12. The van der Waals surface area contributed by atoms with Crippen molar-refractivity contribution in [2.45, 2.75) is 83.6 Å². The van der Waals surface area contributed by atoms with E-state index in [1.54, 1.807) is 4.90 Å². The normalized spacial score (nSPS) is 20.2. The molecule has 2 aliphatic rings. The van der Waals surface area contributed by atoms with E-state index in [0.29, 0.717) is 13.1 Å². The number of hydrogen-bond donors (Lipinski definition) is 7. The molecule has 4 atom stereocenters. The Morgan fingerprint density at radius 3 is 2.00 bits per heavy atom. The van der Waals surface area contributed by atoms with Crippen molar-refractivity contribution in [3.05, 3.63) is 33.6 Å². The van der Waals surface area contributed by atoms with E-state index in [2.05, 4.69) is 16.0 Å². The Labute approximate surface area is 245 Å². The number of nitrogens with two attached hydrogens (primary N) is 1. The van der Waals surface area contributed by atoms with Gasteiger partial charge in [-0.1, -0.05) is 13.8 Å². The zero-order valence-electron chi connectivity index (χ0n) is 24.9. The highest BCUT2D eigenvalue weighted by Gasteiger charge is 2.34. The Morgan fingerprint density at radius 1 is 1.05 bits per heavy atom. The van der Waals surface area contributed by atoms with Crippen LogP contribution in [0.1, 0.15) is 69.8 Å². The zero-order chi connectivity index (χ0) is 31.1. The van der Waals surface area contributed by atoms with Crippen molar-refractivity contribution in [1.29, 1.82) is 0 Å². The van der Waals surface area contributed by atoms with E-state index in [-0.39, 0.29) is 54.6 Å². The van der Waals surface area contributed by atoms with E-state index < -0.39 is 39.7 Å². The second kappa shape index (κ2) is 15.1. The Balaban J connectivity index is 0.000000295. The van der Waals surface area contributed by atoms with Gasteiger partial charge in [-0.05, 0) is 39.5 Å². The predicted octanol–water partition coefficient (Wildman–Crippen LogP) is 1.79. The number of aromatic nitrogens is 1. The number of aliphatic hydroxyl groups excluding tert-OH is 2. The number of carboxylic acids is 1. The van der Waals surface area contributed by atoms with Crippen molar-refractivity contribution in [3.8, 4) is 0 Å². The van der Waals surface area contributed by atoms with Crippen LogP contribution in [-0.4, -0.2) is 89.4 Å². The van der Waals surface area contributed by atoms with Crippen LogP contribution in [0.25, 0.3) is 10.9 Å². The van der Waals surface area contributed by atoms with Gasteiger partial charge in [-0.2, -0.15) is 0 Å². The van der Waals surface area contributed by atoms with Crippen molar-refractivity contribution in [3.63, 3.8) is 0 Å². The molecule has 4 rings (SSSR count). The number of nitrogens with zero attached hydrogens (tertiary/aromatic N) is 2. The third kappa shape index (κ3) is 7.75. The summed E-state index contributed by atoms with van der Waals surface area (Å²) in [6.45, 7) is 10.7. The number of halogens is 2. The van der Waals surface area contributed by atoms with Crippen LogP contribution < -0.4 is 32.0 Å². The molecular weight excluding hydrogens is 550 g/mol. The lowest BCUT2D eigenvalue weighted by Crippen LogP contribution is -2.54. The lowest BCUT2D eigenvalue weighted by molar-refractivity contribution is 0.0694. The van der Waals surface area contributed by atoms with Gasteiger partial charge in [0.2, 0.25) is 5.43 Å². The lowest BCUT2D eigenvalue weighted by atomic mass is 10.0. The maximum Gasteiger partial charge on any atom is 0.341 e. The van der Waals surface area contributed by atoms with Gasteiger partial charge in [0.05, 0.1) is 29.8 Å². The van der Waals surface area contributed by atoms with Gasteiger partial charge in [-0.15, -0.1) is 0 Å². The van der Waals surface area contributed by atoms with Crippen molar-refractivity contribution < 1.29 is 28.9 Å². The molecule has 1 aliphatic heterocycles. The van der Waals surface area contributed by atoms with E-state index in [1.165, 1.54) is 4.57 Å². The van der Waals surface area contributed by atoms with Gasteiger partial charge >= 0.3 is 5.97 Å². The molecule has 236 valence electrons. The fraction of sp³-hybridized carbons (Fsp3) is 0.655. The second-order valence-electron chi connectivity index (χ2n) is 11.3. The molecule has 0 bridgehead atoms. The summed E-state index contributed by atoms with van der Waals surface area (Å²) < 4.78 is 32.2. The summed E-state index contributed by atoms with van der Waals surface area (Å²) in [6, 6.07) is 0.297. The van der Waals surface area contributed by atoms with E-state index in [0.717, 1.165) is 45.0 Å². The van der Waals surface area contributed by atoms with Gasteiger partial charge in [0.1, 0.15) is 11.3 Å². The van der Waals surface area contributed by atoms with Crippen molar-refractivity contribution in [1.82, 2.24) is 20.5 Å². The maximum atomic E-state index is 15.6. The third-order valence-electron chi connectivity index (χ3n) is 7.83. The fourth-order valence-electron chi connectivity index (χ4n) is 5.36. The molecule has 0 spiro atoms. The summed E-state index contributed by atoms with van der Waals surface area (Å²) in [5.41, 5.74) is 3.54. The summed E-state index contributed by atoms with van der Waals surface area (Å²) in [5.74, 6) is -3.34. The Bertz CT molecular complexity index is 1260. The van der Waals surface area contributed by atoms with Crippen molar-refractivity contribution in [2.75, 3.05) is 50.0 Å². The van der Waals surface area contributed by atoms with Crippen LogP contribution in [0, 0.1) is 11.6 Å². The van der Waals surface area contributed by atoms with Crippen LogP contribution in [0.5, 0.6) is 0 Å². The van der Waals surface area contributed by atoms with Gasteiger partial charge < -0.3 is 46.5 Å². The minimum absolute atomic E-state index is 0.0134. The number of aromatic carboxylic acids is 1. The highest BCUT2D eigenvalue weighted by atomic mass is 19.1. The van der Waals surface area contributed by atoms with Crippen molar-refractivity contribution in [2.24, 2.45) is 0 Å². The first-order valence-corrected chi connectivity index (χ1v) is 14.8. The summed E-state index contributed by atoms with van der Waals surface area (Å²) in [6.07, 6.45) is 4.48. The molecule has 13 heteroatoms. The number of pyridine rings is 1. The number of anilines is 2. The fourth-order valence-corrected chi connectivity index (χ4v) is 5.36. The number of benzene rings is 1. The first-order valence-electron chi connectivity index (χ1n) is 14.8. The van der Waals surface area contributed by atoms with Gasteiger partial charge in [0.15, 0.2) is 11.6 Å². The van der Waals surface area contributed by atoms with Crippen molar-refractivity contribution >= 4 is 28.2 Å². The molecule has 1 aromatic carbocycles. The standard InChI is InChI=1S/C19H22F2N4O3.C10H24N2O2/c1-8-5-24(6-9(2)23-8)17-13(20)15(22)12-16(14(17)21)25(10-3-4-10)7-11(18(12)26)19(27)28;1-3-9(7-13)11-5-6-12-10(4-2)8-14/h7-10,23H,3-6,22H2,1-2H3,(H,27,28);9-14H,3-8H2,1-2H3/t8-,9+;9-,10-/m.0/s1. The Hall–Kier alpha value is -2.84. The molecule has 2 heterocycles. The average molecular weight is 597 g/mol. The van der Waals surface area contributed by atoms with Gasteiger partial charge in [-0.3, -0.25) is 4.79 Å². The molecule has 2 fully saturated rings. The number of fused-ring (bicyclic) bond motifs is 1. The number of nitrogen functional groups attached to an aromatic ring is 1. The van der Waals surface area contributed by atoms with E-state index in [4.69, 9.17) is 15.9 Å². The highest BCUT2D eigenvalue weighted by Crippen LogP contribution is 2.41. The van der Waals surface area contributed by atoms with Crippen LogP contribution in [0.4, 0.5) is 20.2 Å². The molecule has 2 aromatic rings. The molecule has 42 heavy (non-hydrogen) atoms. The molecule has 1 saturated carbocycles. The second-order valence-corrected chi connectivity index (χ2v) is 11.3. The number of aliphatic hydroxyl groups is 2. The van der Waals surface area contributed by atoms with E-state index in [1.807, 2.05) is 27.7 Å². The lowest BCUT2D eigenvalue weighted by Gasteiger charge is -2.38. The minimum atomic E-state index is -1.45. The number of piperazine rings is 1. The first kappa shape index (κ1) is 33.7. The summed E-state index contributed by atoms with van der Waals surface area (Å²) in [5, 5.41) is 36.5. The third-order valence-corrected chi connectivity index (χ3v) is 7.83. The number of carbonyl (C=O) groups is 1. The van der Waals surface area contributed by atoms with Gasteiger partial charge in [-0.25, -0.2) is 13.6 Å². The smallest absolute Gasteiger partial charge is 0.341 e. The van der Waals surface area contributed by atoms with Gasteiger partial charge in [0, 0.05) is 62.6 Å². The largest absolute Gasteiger partial charge is 0.477 e. The minimum Gasteiger partial charge on any atom is -0.477 e. The maximum absolute atomic E-state index is 15.6. The molecule has 0 unspecified atom stereocenters. The molecule has 0 amide bonds. The highest BCUT2D eigenvalue weighted by molar-refractivity contribution is 5.99. The van der Waals surface area contributed by atoms with Crippen LogP contribution in [0.2, 0.25) is 0 Å².